The van der Waals surface area contributed by atoms with Crippen LogP contribution in [0.3, 0.4) is 0 Å². The summed E-state index contributed by atoms with van der Waals surface area (Å²) in [5, 5.41) is 0. The summed E-state index contributed by atoms with van der Waals surface area (Å²) < 4.78 is 181. The van der Waals surface area contributed by atoms with Crippen LogP contribution in [-0.4, -0.2) is 54.8 Å². The first-order valence-corrected chi connectivity index (χ1v) is 8.98. The number of ether oxygens (including phenoxy) is 2. The summed E-state index contributed by atoms with van der Waals surface area (Å²) in [5.74, 6) is -38.6. The Labute approximate surface area is 167 Å². The highest BCUT2D eigenvalue weighted by Gasteiger charge is 2.90. The summed E-state index contributed by atoms with van der Waals surface area (Å²) in [5.41, 5.74) is 0. The van der Waals surface area contributed by atoms with Gasteiger partial charge in [0.1, 0.15) is 0 Å². The molecule has 15 heteroatoms. The van der Waals surface area contributed by atoms with Gasteiger partial charge in [-0.25, -0.2) is 0 Å². The zero-order valence-corrected chi connectivity index (χ0v) is 15.5. The van der Waals surface area contributed by atoms with E-state index in [4.69, 9.17) is 9.47 Å². The lowest BCUT2D eigenvalue weighted by Crippen LogP contribution is -2.70. The normalized spacial score (nSPS) is 22.4. The van der Waals surface area contributed by atoms with Crippen molar-refractivity contribution in [2.24, 2.45) is 5.92 Å². The van der Waals surface area contributed by atoms with E-state index in [0.29, 0.717) is 12.8 Å². The van der Waals surface area contributed by atoms with E-state index in [1.54, 1.807) is 0 Å². The van der Waals surface area contributed by atoms with Gasteiger partial charge in [0.25, 0.3) is 0 Å². The first kappa shape index (κ1) is 26.3. The van der Waals surface area contributed by atoms with Gasteiger partial charge in [0.2, 0.25) is 0 Å². The second-order valence-corrected chi connectivity index (χ2v) is 7.64. The summed E-state index contributed by atoms with van der Waals surface area (Å²) in [6.45, 7) is -0.610. The van der Waals surface area contributed by atoms with Gasteiger partial charge in [0, 0.05) is 25.2 Å². The second kappa shape index (κ2) is 7.80. The SMILES string of the molecule is FC(F)(F)C(F)(F)C(F)(F)C(F)(F)C(F)(F)C(F)(F)CCC1COC2(CCCC2)OC1. The maximum atomic E-state index is 13.8. The van der Waals surface area contributed by atoms with Gasteiger partial charge in [-0.1, -0.05) is 0 Å². The summed E-state index contributed by atoms with van der Waals surface area (Å²) in [7, 11) is 0. The van der Waals surface area contributed by atoms with E-state index >= 15 is 0 Å². The molecule has 1 aliphatic heterocycles. The molecule has 0 aromatic heterocycles. The number of hydrogen-bond acceptors (Lipinski definition) is 2. The number of halogens is 13. The average Bonchev–Trinajstić information content (AvgIpc) is 3.08. The molecule has 1 saturated heterocycles. The van der Waals surface area contributed by atoms with Crippen molar-refractivity contribution < 1.29 is 66.5 Å². The van der Waals surface area contributed by atoms with Crippen molar-refractivity contribution in [3.63, 3.8) is 0 Å². The van der Waals surface area contributed by atoms with Gasteiger partial charge in [-0.2, -0.15) is 57.1 Å². The van der Waals surface area contributed by atoms with E-state index in [-0.39, 0.29) is 13.2 Å². The second-order valence-electron chi connectivity index (χ2n) is 7.64. The molecule has 0 aromatic rings. The van der Waals surface area contributed by atoms with Gasteiger partial charge < -0.3 is 9.47 Å². The highest BCUT2D eigenvalue weighted by Crippen LogP contribution is 2.60. The van der Waals surface area contributed by atoms with Crippen molar-refractivity contribution in [3.8, 4) is 0 Å². The zero-order valence-electron chi connectivity index (χ0n) is 15.5. The van der Waals surface area contributed by atoms with Crippen LogP contribution in [0, 0.1) is 5.92 Å². The summed E-state index contributed by atoms with van der Waals surface area (Å²) >= 11 is 0. The van der Waals surface area contributed by atoms with Gasteiger partial charge >= 0.3 is 35.8 Å². The highest BCUT2D eigenvalue weighted by atomic mass is 19.4. The Morgan fingerprint density at radius 3 is 1.45 bits per heavy atom. The molecule has 0 atom stereocenters. The molecule has 0 bridgehead atoms. The van der Waals surface area contributed by atoms with Crippen molar-refractivity contribution in [1.82, 2.24) is 0 Å². The predicted molar refractivity (Wildman–Crippen MR) is 76.6 cm³/mol. The molecule has 31 heavy (non-hydrogen) atoms. The van der Waals surface area contributed by atoms with Crippen molar-refractivity contribution in [2.45, 2.75) is 80.1 Å². The summed E-state index contributed by atoms with van der Waals surface area (Å²) in [6, 6.07) is 0. The topological polar surface area (TPSA) is 18.5 Å². The standard InChI is InChI=1S/C16H17F13O2/c17-11(18,6-3-9-7-30-10(31-8-9)4-1-2-5-10)12(19,20)13(21,22)14(23,24)15(25,26)16(27,28)29/h9H,1-8H2. The number of hydrogen-bond donors (Lipinski definition) is 0. The number of rotatable bonds is 7. The fourth-order valence-corrected chi connectivity index (χ4v) is 3.34. The Hall–Kier alpha value is -0.990. The van der Waals surface area contributed by atoms with Crippen LogP contribution in [0.25, 0.3) is 0 Å². The first-order valence-electron chi connectivity index (χ1n) is 8.98. The smallest absolute Gasteiger partial charge is 0.350 e. The Morgan fingerprint density at radius 2 is 1.03 bits per heavy atom. The third-order valence-electron chi connectivity index (χ3n) is 5.39. The Bertz CT molecular complexity index is 628. The molecule has 0 aromatic carbocycles. The van der Waals surface area contributed by atoms with Crippen LogP contribution in [0.4, 0.5) is 57.1 Å². The highest BCUT2D eigenvalue weighted by molar-refractivity contribution is 5.10. The van der Waals surface area contributed by atoms with E-state index in [1.165, 1.54) is 0 Å². The lowest BCUT2D eigenvalue weighted by molar-refractivity contribution is -0.440. The molecule has 2 aliphatic rings. The van der Waals surface area contributed by atoms with E-state index in [2.05, 4.69) is 0 Å². The molecule has 1 spiro atoms. The van der Waals surface area contributed by atoms with Gasteiger partial charge in [-0.15, -0.1) is 0 Å². The molecule has 2 fully saturated rings. The van der Waals surface area contributed by atoms with E-state index in [9.17, 15) is 57.1 Å². The zero-order chi connectivity index (χ0) is 24.1. The molecule has 2 nitrogen and oxygen atoms in total. The largest absolute Gasteiger partial charge is 0.460 e. The molecule has 184 valence electrons. The summed E-state index contributed by atoms with van der Waals surface area (Å²) in [4.78, 5) is 0. The molecule has 1 aliphatic carbocycles. The lowest BCUT2D eigenvalue weighted by Gasteiger charge is -2.40. The Kier molecular flexibility index (Phi) is 6.61. The molecule has 1 saturated carbocycles. The molecular formula is C16H17F13O2. The maximum Gasteiger partial charge on any atom is 0.460 e. The van der Waals surface area contributed by atoms with Gasteiger partial charge in [0.05, 0.1) is 13.2 Å². The van der Waals surface area contributed by atoms with Crippen molar-refractivity contribution in [3.05, 3.63) is 0 Å². The molecule has 0 radical (unpaired) electrons. The van der Waals surface area contributed by atoms with Crippen LogP contribution < -0.4 is 0 Å². The first-order chi connectivity index (χ1) is 13.7. The van der Waals surface area contributed by atoms with Crippen molar-refractivity contribution in [1.29, 1.82) is 0 Å². The third kappa shape index (κ3) is 4.20. The molecule has 1 heterocycles. The van der Waals surface area contributed by atoms with Gasteiger partial charge in [-0.3, -0.25) is 0 Å². The quantitative estimate of drug-likeness (QED) is 0.384. The molecule has 0 N–H and O–H groups in total. The minimum atomic E-state index is -7.86. The Morgan fingerprint density at radius 1 is 0.613 bits per heavy atom. The van der Waals surface area contributed by atoms with Crippen molar-refractivity contribution >= 4 is 0 Å². The minimum absolute atomic E-state index is 0.305. The van der Waals surface area contributed by atoms with Crippen LogP contribution >= 0.6 is 0 Å². The minimum Gasteiger partial charge on any atom is -0.350 e. The fourth-order valence-electron chi connectivity index (χ4n) is 3.34. The molecular weight excluding hydrogens is 471 g/mol. The third-order valence-corrected chi connectivity index (χ3v) is 5.39. The fraction of sp³-hybridized carbons (Fsp3) is 1.00. The molecule has 0 unspecified atom stereocenters. The summed E-state index contributed by atoms with van der Waals surface area (Å²) in [6.07, 6.45) is -8.23. The van der Waals surface area contributed by atoms with Crippen LogP contribution in [0.1, 0.15) is 38.5 Å². The Balaban J connectivity index is 2.12. The van der Waals surface area contributed by atoms with E-state index < -0.39 is 60.3 Å². The maximum absolute atomic E-state index is 13.8. The average molecular weight is 488 g/mol. The van der Waals surface area contributed by atoms with Crippen LogP contribution in [-0.2, 0) is 9.47 Å². The van der Waals surface area contributed by atoms with Crippen molar-refractivity contribution in [2.75, 3.05) is 13.2 Å². The van der Waals surface area contributed by atoms with E-state index in [1.807, 2.05) is 0 Å². The predicted octanol–water partition coefficient (Wildman–Crippen LogP) is 6.44. The van der Waals surface area contributed by atoms with Crippen LogP contribution in [0.5, 0.6) is 0 Å². The number of alkyl halides is 13. The van der Waals surface area contributed by atoms with Crippen LogP contribution in [0.15, 0.2) is 0 Å². The van der Waals surface area contributed by atoms with Gasteiger partial charge in [0.15, 0.2) is 5.79 Å². The molecule has 0 amide bonds. The van der Waals surface area contributed by atoms with E-state index in [0.717, 1.165) is 12.8 Å². The lowest BCUT2D eigenvalue weighted by atomic mass is 9.90. The molecule has 2 rings (SSSR count). The van der Waals surface area contributed by atoms with Crippen LogP contribution in [0.2, 0.25) is 0 Å². The monoisotopic (exact) mass is 488 g/mol. The van der Waals surface area contributed by atoms with Gasteiger partial charge in [-0.05, 0) is 19.3 Å².